The van der Waals surface area contributed by atoms with E-state index in [1.807, 2.05) is 53.2 Å². The van der Waals surface area contributed by atoms with Gasteiger partial charge in [-0.3, -0.25) is 4.79 Å². The number of alkyl halides is 3. The van der Waals surface area contributed by atoms with Gasteiger partial charge in [-0.05, 0) is 46.9 Å². The number of pyridine rings is 1. The molecule has 2 heterocycles. The van der Waals surface area contributed by atoms with Gasteiger partial charge in [0.05, 0.1) is 0 Å². The number of hydrogen-bond donors (Lipinski definition) is 4. The highest BCUT2D eigenvalue weighted by Crippen LogP contribution is 2.36. The zero-order valence-electron chi connectivity index (χ0n) is 18.9. The van der Waals surface area contributed by atoms with E-state index in [2.05, 4.69) is 10.3 Å². The number of carbonyl (C=O) groups is 2. The Morgan fingerprint density at radius 2 is 1.78 bits per heavy atom. The van der Waals surface area contributed by atoms with E-state index in [1.54, 1.807) is 29.7 Å². The number of fused-ring (bicyclic) bond motifs is 1. The van der Waals surface area contributed by atoms with Gasteiger partial charge in [-0.15, -0.1) is 0 Å². The third-order valence-corrected chi connectivity index (χ3v) is 5.06. The van der Waals surface area contributed by atoms with Crippen LogP contribution in [0.5, 0.6) is 0 Å². The summed E-state index contributed by atoms with van der Waals surface area (Å²) in [6.45, 7) is -1.63. The normalized spacial score (nSPS) is 10.9. The largest absolute Gasteiger partial charge is 0.483 e. The van der Waals surface area contributed by atoms with Crippen LogP contribution in [-0.4, -0.2) is 51.4 Å². The Hall–Kier alpha value is -4.38. The highest BCUT2D eigenvalue weighted by Gasteiger charge is 2.27. The summed E-state index contributed by atoms with van der Waals surface area (Å²) in [6, 6.07) is 15.7. The Bertz CT molecular complexity index is 1340. The topological polar surface area (TPSA) is 116 Å². The second kappa shape index (κ2) is 11.8. The molecule has 0 saturated heterocycles. The third-order valence-electron chi connectivity index (χ3n) is 5.06. The van der Waals surface area contributed by atoms with Crippen molar-refractivity contribution in [3.05, 3.63) is 78.8 Å². The van der Waals surface area contributed by atoms with Gasteiger partial charge in [-0.1, -0.05) is 36.4 Å². The van der Waals surface area contributed by atoms with E-state index in [0.717, 1.165) is 27.8 Å². The van der Waals surface area contributed by atoms with Gasteiger partial charge in [0.15, 0.2) is 0 Å². The molecular formula is C25H23F3N4O4. The molecule has 2 amide bonds. The van der Waals surface area contributed by atoms with E-state index < -0.39 is 18.8 Å². The number of hydrogen-bond acceptors (Lipinski definition) is 4. The van der Waals surface area contributed by atoms with E-state index in [4.69, 9.17) is 9.90 Å². The summed E-state index contributed by atoms with van der Waals surface area (Å²) in [4.78, 5) is 24.8. The Morgan fingerprint density at radius 3 is 2.50 bits per heavy atom. The molecule has 4 aromatic rings. The number of anilines is 1. The Kier molecular flexibility index (Phi) is 8.63. The lowest BCUT2D eigenvalue weighted by atomic mass is 9.94. The molecule has 0 unspecified atom stereocenters. The number of nitrogens with one attached hydrogen (secondary N) is 2. The second-order valence-corrected chi connectivity index (χ2v) is 7.55. The van der Waals surface area contributed by atoms with Crippen molar-refractivity contribution in [2.24, 2.45) is 0 Å². The van der Waals surface area contributed by atoms with Crippen molar-refractivity contribution in [2.75, 3.05) is 18.5 Å². The molecule has 0 fully saturated rings. The molecule has 0 saturated carbocycles. The number of amides is 2. The fraction of sp³-hybridized carbons (Fsp3) is 0.160. The van der Waals surface area contributed by atoms with Crippen molar-refractivity contribution < 1.29 is 33.0 Å². The predicted molar refractivity (Wildman–Crippen MR) is 129 cm³/mol. The van der Waals surface area contributed by atoms with Crippen LogP contribution in [0.4, 0.5) is 23.7 Å². The first-order valence-corrected chi connectivity index (χ1v) is 10.7. The number of carboxylic acid groups (broad SMARTS) is 1. The maximum Gasteiger partial charge on any atom is 0.405 e. The van der Waals surface area contributed by atoms with E-state index in [9.17, 15) is 23.1 Å². The number of urea groups is 1. The molecule has 0 radical (unpaired) electrons. The molecular weight excluding hydrogens is 477 g/mol. The summed E-state index contributed by atoms with van der Waals surface area (Å²) in [7, 11) is 0. The predicted octanol–water partition coefficient (Wildman–Crippen LogP) is 4.59. The van der Waals surface area contributed by atoms with Crippen molar-refractivity contribution in [3.63, 3.8) is 0 Å². The van der Waals surface area contributed by atoms with Crippen LogP contribution in [0, 0.1) is 0 Å². The number of aliphatic hydroxyl groups is 1. The van der Waals surface area contributed by atoms with Gasteiger partial charge in [-0.25, -0.2) is 9.78 Å². The standard InChI is InChI=1S/C24H21F3N4O2.CH2O2/c25-24(26,27)15-29-23(33)30-19-6-2-5-18(14-19)21-20(7-10-31-11-9-28-22(21)31)17-4-1-3-16(13-17)8-12-32;2-1-3/h1-7,9-11,13-14,32H,8,12,15H2,(H2,29,30,33);1H,(H,2,3). The van der Waals surface area contributed by atoms with Crippen molar-refractivity contribution in [3.8, 4) is 22.3 Å². The van der Waals surface area contributed by atoms with Crippen LogP contribution in [0.2, 0.25) is 0 Å². The number of rotatable bonds is 6. The number of nitrogens with zero attached hydrogens (tertiary/aromatic N) is 2. The molecule has 2 aromatic heterocycles. The smallest absolute Gasteiger partial charge is 0.405 e. The zero-order chi connectivity index (χ0) is 26.1. The first-order chi connectivity index (χ1) is 17.3. The molecule has 4 N–H and O–H groups in total. The first kappa shape index (κ1) is 26.2. The lowest BCUT2D eigenvalue weighted by Crippen LogP contribution is -2.36. The highest BCUT2D eigenvalue weighted by atomic mass is 19.4. The lowest BCUT2D eigenvalue weighted by molar-refractivity contribution is -0.123. The van der Waals surface area contributed by atoms with Gasteiger partial charge in [0, 0.05) is 36.4 Å². The van der Waals surface area contributed by atoms with Crippen LogP contribution in [-0.2, 0) is 11.2 Å². The van der Waals surface area contributed by atoms with Gasteiger partial charge < -0.3 is 25.2 Å². The highest BCUT2D eigenvalue weighted by molar-refractivity contribution is 5.95. The summed E-state index contributed by atoms with van der Waals surface area (Å²) in [5, 5.41) is 20.4. The summed E-state index contributed by atoms with van der Waals surface area (Å²) >= 11 is 0. The number of carbonyl (C=O) groups excluding carboxylic acids is 1. The number of halogens is 3. The Morgan fingerprint density at radius 1 is 1.06 bits per heavy atom. The third kappa shape index (κ3) is 6.83. The minimum absolute atomic E-state index is 0.0414. The molecule has 0 aliphatic heterocycles. The van der Waals surface area contributed by atoms with Crippen LogP contribution < -0.4 is 10.6 Å². The van der Waals surface area contributed by atoms with Gasteiger partial charge in [0.25, 0.3) is 6.47 Å². The van der Waals surface area contributed by atoms with Gasteiger partial charge in [0.2, 0.25) is 0 Å². The molecule has 0 aliphatic rings. The molecule has 8 nitrogen and oxygen atoms in total. The Balaban J connectivity index is 0.00000115. The molecule has 0 bridgehead atoms. The van der Waals surface area contributed by atoms with Crippen LogP contribution >= 0.6 is 0 Å². The van der Waals surface area contributed by atoms with Crippen molar-refractivity contribution >= 4 is 23.8 Å². The van der Waals surface area contributed by atoms with E-state index in [-0.39, 0.29) is 13.1 Å². The van der Waals surface area contributed by atoms with Crippen molar-refractivity contribution in [2.45, 2.75) is 12.6 Å². The van der Waals surface area contributed by atoms with E-state index in [0.29, 0.717) is 17.8 Å². The fourth-order valence-corrected chi connectivity index (χ4v) is 3.64. The maximum atomic E-state index is 12.4. The van der Waals surface area contributed by atoms with E-state index in [1.165, 1.54) is 0 Å². The molecule has 0 atom stereocenters. The van der Waals surface area contributed by atoms with Gasteiger partial charge in [0.1, 0.15) is 12.2 Å². The van der Waals surface area contributed by atoms with E-state index >= 15 is 0 Å². The molecule has 0 spiro atoms. The Labute approximate surface area is 204 Å². The average molecular weight is 500 g/mol. The number of imidazole rings is 1. The summed E-state index contributed by atoms with van der Waals surface area (Å²) in [5.41, 5.74) is 5.40. The molecule has 11 heteroatoms. The quantitative estimate of drug-likeness (QED) is 0.289. The monoisotopic (exact) mass is 500 g/mol. The van der Waals surface area contributed by atoms with Gasteiger partial charge >= 0.3 is 12.2 Å². The number of benzene rings is 2. The maximum absolute atomic E-state index is 12.4. The average Bonchev–Trinajstić information content (AvgIpc) is 3.32. The molecule has 0 aliphatic carbocycles. The lowest BCUT2D eigenvalue weighted by Gasteiger charge is -2.15. The number of aromatic nitrogens is 2. The SMILES string of the molecule is O=C(NCC(F)(F)F)Nc1cccc(-c2c(-c3cccc(CCO)c3)ccn3ccnc23)c1.O=CO. The molecule has 188 valence electrons. The molecule has 2 aromatic carbocycles. The van der Waals surface area contributed by atoms with Crippen molar-refractivity contribution in [1.29, 1.82) is 0 Å². The summed E-state index contributed by atoms with van der Waals surface area (Å²) < 4.78 is 39.0. The number of aliphatic hydroxyl groups excluding tert-OH is 1. The minimum Gasteiger partial charge on any atom is -0.483 e. The van der Waals surface area contributed by atoms with Crippen LogP contribution in [0.1, 0.15) is 5.56 Å². The zero-order valence-corrected chi connectivity index (χ0v) is 18.9. The molecule has 4 rings (SSSR count). The summed E-state index contributed by atoms with van der Waals surface area (Å²) in [6.07, 6.45) is 1.43. The van der Waals surface area contributed by atoms with Crippen LogP contribution in [0.25, 0.3) is 27.9 Å². The fourth-order valence-electron chi connectivity index (χ4n) is 3.64. The molecule has 36 heavy (non-hydrogen) atoms. The first-order valence-electron chi connectivity index (χ1n) is 10.7. The van der Waals surface area contributed by atoms with Crippen LogP contribution in [0.3, 0.4) is 0 Å². The minimum atomic E-state index is -4.49. The second-order valence-electron chi connectivity index (χ2n) is 7.55. The van der Waals surface area contributed by atoms with Crippen LogP contribution in [0.15, 0.2) is 73.2 Å². The van der Waals surface area contributed by atoms with Crippen molar-refractivity contribution in [1.82, 2.24) is 14.7 Å². The summed E-state index contributed by atoms with van der Waals surface area (Å²) in [5.74, 6) is 0. The van der Waals surface area contributed by atoms with Gasteiger partial charge in [-0.2, -0.15) is 13.2 Å².